The molecule has 8 rings (SSSR count). The van der Waals surface area contributed by atoms with Gasteiger partial charge >= 0.3 is 43.7 Å². The summed E-state index contributed by atoms with van der Waals surface area (Å²) in [5.41, 5.74) is 8.45. The number of rotatable bonds is 16. The molecular formula is C36H60B2BrN12NaO8S2. The van der Waals surface area contributed by atoms with Gasteiger partial charge in [0.15, 0.2) is 52.5 Å². The number of hydrogen-bond donors (Lipinski definition) is 6. The van der Waals surface area contributed by atoms with E-state index in [4.69, 9.17) is 39.2 Å². The Morgan fingerprint density at radius 2 is 1.19 bits per heavy atom. The SMILES string of the molecule is CB(O)NCCCBr.CSC[C@H]1O[C@@H](n2cnc3c(N)ncnc32)[C@@H]2OC(C)(C)O[C@@H]21.CSC[C@H]1O[C@@H](n2cnc3c(NCCCNB(C)O)ncnc32)[C@@H]2OC(C)(C)O[C@@H]21.[H-].[Na+]. The second-order valence-electron chi connectivity index (χ2n) is 15.9. The van der Waals surface area contributed by atoms with Crippen molar-refractivity contribution in [2.24, 2.45) is 0 Å². The van der Waals surface area contributed by atoms with Gasteiger partial charge in [-0.05, 0) is 79.8 Å². The van der Waals surface area contributed by atoms with Gasteiger partial charge < -0.3 is 61.4 Å². The first-order chi connectivity index (χ1) is 29.2. The van der Waals surface area contributed by atoms with Crippen LogP contribution in [0.15, 0.2) is 25.3 Å². The van der Waals surface area contributed by atoms with Crippen molar-refractivity contribution in [1.82, 2.24) is 49.5 Å². The van der Waals surface area contributed by atoms with Crippen molar-refractivity contribution in [3.63, 3.8) is 0 Å². The van der Waals surface area contributed by atoms with Gasteiger partial charge in [-0.3, -0.25) is 9.13 Å². The minimum Gasteiger partial charge on any atom is -1.00 e. The summed E-state index contributed by atoms with van der Waals surface area (Å²) in [7, 11) is -0.877. The molecule has 8 heterocycles. The summed E-state index contributed by atoms with van der Waals surface area (Å²) in [4.78, 5) is 25.9. The molecule has 20 nitrogen and oxygen atoms in total. The second kappa shape index (κ2) is 23.4. The van der Waals surface area contributed by atoms with E-state index in [2.05, 4.69) is 67.9 Å². The Balaban J connectivity index is 0.000000235. The molecule has 62 heavy (non-hydrogen) atoms. The third kappa shape index (κ3) is 12.7. The number of hydrogen-bond acceptors (Lipinski definition) is 20. The summed E-state index contributed by atoms with van der Waals surface area (Å²) < 4.78 is 40.8. The van der Waals surface area contributed by atoms with Gasteiger partial charge in [-0.15, -0.1) is 0 Å². The van der Waals surface area contributed by atoms with Crippen LogP contribution in [0.4, 0.5) is 11.6 Å². The molecule has 4 aliphatic rings. The molecule has 0 unspecified atom stereocenters. The van der Waals surface area contributed by atoms with Gasteiger partial charge in [0.1, 0.15) is 42.6 Å². The maximum Gasteiger partial charge on any atom is 1.00 e. The van der Waals surface area contributed by atoms with E-state index in [1.165, 1.54) is 12.7 Å². The van der Waals surface area contributed by atoms with Crippen molar-refractivity contribution >= 4 is 87.5 Å². The number of nitrogens with zero attached hydrogens (tertiary/aromatic N) is 8. The largest absolute Gasteiger partial charge is 1.00 e. The third-order valence-electron chi connectivity index (χ3n) is 10.0. The fourth-order valence-corrected chi connectivity index (χ4v) is 9.04. The zero-order valence-electron chi connectivity index (χ0n) is 37.9. The molecule has 4 saturated heterocycles. The number of nitrogens with two attached hydrogens (primary N) is 1. The first kappa shape index (κ1) is 51.6. The summed E-state index contributed by atoms with van der Waals surface area (Å²) in [6, 6.07) is 0. The number of alkyl halides is 1. The first-order valence-electron chi connectivity index (χ1n) is 20.4. The van der Waals surface area contributed by atoms with Gasteiger partial charge in [0, 0.05) is 23.4 Å². The van der Waals surface area contributed by atoms with Crippen LogP contribution in [0.5, 0.6) is 0 Å². The average Bonchev–Trinajstić information content (AvgIpc) is 4.05. The van der Waals surface area contributed by atoms with E-state index in [9.17, 15) is 5.02 Å². The molecule has 0 spiro atoms. The van der Waals surface area contributed by atoms with Gasteiger partial charge in [-0.1, -0.05) is 15.9 Å². The van der Waals surface area contributed by atoms with E-state index >= 15 is 0 Å². The number of fused-ring (bicyclic) bond motifs is 4. The molecular weight excluding hydrogens is 917 g/mol. The summed E-state index contributed by atoms with van der Waals surface area (Å²) in [6.07, 6.45) is 10.9. The third-order valence-corrected chi connectivity index (χ3v) is 11.9. The second-order valence-corrected chi connectivity index (χ2v) is 18.5. The summed E-state index contributed by atoms with van der Waals surface area (Å²) in [5.74, 6) is 1.42. The smallest absolute Gasteiger partial charge is 1.00 e. The van der Waals surface area contributed by atoms with Crippen LogP contribution in [-0.4, -0.2) is 160 Å². The first-order valence-corrected chi connectivity index (χ1v) is 24.3. The van der Waals surface area contributed by atoms with Gasteiger partial charge in [0.2, 0.25) is 0 Å². The molecule has 0 bridgehead atoms. The predicted molar refractivity (Wildman–Crippen MR) is 244 cm³/mol. The normalized spacial score (nSPS) is 26.6. The minimum atomic E-state index is -0.647. The molecule has 8 atom stereocenters. The maximum absolute atomic E-state index is 9.27. The molecule has 4 fully saturated rings. The van der Waals surface area contributed by atoms with Gasteiger partial charge in [-0.2, -0.15) is 23.5 Å². The van der Waals surface area contributed by atoms with Crippen molar-refractivity contribution in [3.8, 4) is 0 Å². The number of anilines is 2. The van der Waals surface area contributed by atoms with E-state index in [1.807, 2.05) is 43.1 Å². The van der Waals surface area contributed by atoms with Gasteiger partial charge in [0.05, 0.1) is 24.9 Å². The van der Waals surface area contributed by atoms with Crippen molar-refractivity contribution in [3.05, 3.63) is 25.3 Å². The Bertz CT molecular complexity index is 2020. The number of nitrogen functional groups attached to an aromatic ring is 1. The molecule has 0 aliphatic carbocycles. The van der Waals surface area contributed by atoms with E-state index < -0.39 is 18.6 Å². The Morgan fingerprint density at radius 3 is 1.69 bits per heavy atom. The van der Waals surface area contributed by atoms with E-state index in [0.29, 0.717) is 47.1 Å². The Kier molecular flexibility index (Phi) is 19.4. The molecule has 7 N–H and O–H groups in total. The molecule has 0 amide bonds. The van der Waals surface area contributed by atoms with E-state index in [-0.39, 0.29) is 87.1 Å². The zero-order valence-corrected chi connectivity index (χ0v) is 42.2. The van der Waals surface area contributed by atoms with Crippen molar-refractivity contribution < 1.29 is 69.5 Å². The quantitative estimate of drug-likeness (QED) is 0.0487. The number of aromatic nitrogens is 8. The summed E-state index contributed by atoms with van der Waals surface area (Å²) in [5, 5.41) is 28.1. The Labute approximate surface area is 404 Å². The molecule has 338 valence electrons. The zero-order chi connectivity index (χ0) is 43.9. The monoisotopic (exact) mass is 976 g/mol. The molecule has 0 aromatic carbocycles. The standard InChI is InChI=1S/C18H29BN6O4S.C14H19N5O3S.C4H11BBrNO.Na.H/c1-18(2)28-13-11(8-30-4)27-17(14(13)29-18)25-10-23-12-15(21-9-22-16(12)25)20-6-5-7-24-19(3)26;1-14(2)21-9-7(4-23-3)20-13(10(9)22-14)19-6-18-8-11(15)16-5-17-12(8)19;1-5(8)7-4-2-3-6;;/h9-11,13-14,17,24,26H,5-8H2,1-4H3,(H,20,21,22);5-7,9-10,13H,4H2,1-3H3,(H2,15,16,17);7-8H,2-4H2,1H3;;/q;;;+1;-1/t11-,13-,14-,17-;7-,9-,10-,13-;;;/m11.../s1. The number of thioether (sulfide) groups is 2. The number of halogens is 1. The molecule has 4 aromatic heterocycles. The van der Waals surface area contributed by atoms with Crippen molar-refractivity contribution in [2.75, 3.05) is 60.0 Å². The van der Waals surface area contributed by atoms with Crippen LogP contribution in [-0.2, 0) is 28.4 Å². The molecule has 0 saturated carbocycles. The van der Waals surface area contributed by atoms with Crippen LogP contribution in [0.1, 0.15) is 54.4 Å². The molecule has 4 aliphatic heterocycles. The summed E-state index contributed by atoms with van der Waals surface area (Å²) >= 11 is 6.73. The van der Waals surface area contributed by atoms with Crippen molar-refractivity contribution in [1.29, 1.82) is 0 Å². The predicted octanol–water partition coefficient (Wildman–Crippen LogP) is -0.114. The minimum absolute atomic E-state index is 0. The topological polar surface area (TPSA) is 245 Å². The average molecular weight is 978 g/mol. The van der Waals surface area contributed by atoms with Crippen LogP contribution >= 0.6 is 39.5 Å². The van der Waals surface area contributed by atoms with Gasteiger partial charge in [-0.25, -0.2) is 29.9 Å². The maximum atomic E-state index is 9.27. The Morgan fingerprint density at radius 1 is 0.726 bits per heavy atom. The van der Waals surface area contributed by atoms with Crippen LogP contribution in [0.3, 0.4) is 0 Å². The molecule has 26 heteroatoms. The molecule has 4 aromatic rings. The number of nitrogens with one attached hydrogen (secondary N) is 3. The fraction of sp³-hybridized carbons (Fsp3) is 0.722. The van der Waals surface area contributed by atoms with Gasteiger partial charge in [0.25, 0.3) is 0 Å². The van der Waals surface area contributed by atoms with Crippen LogP contribution in [0, 0.1) is 0 Å². The number of imidazole rings is 2. The number of ether oxygens (including phenoxy) is 6. The van der Waals surface area contributed by atoms with E-state index in [1.54, 1.807) is 49.8 Å². The van der Waals surface area contributed by atoms with Crippen molar-refractivity contribution in [2.45, 2.75) is 115 Å². The Hall–Kier alpha value is -1.39. The van der Waals surface area contributed by atoms with E-state index in [0.717, 1.165) is 36.2 Å². The van der Waals surface area contributed by atoms with Crippen LogP contribution < -0.4 is 51.1 Å². The van der Waals surface area contributed by atoms with Crippen LogP contribution in [0.2, 0.25) is 13.6 Å². The van der Waals surface area contributed by atoms with Crippen LogP contribution in [0.25, 0.3) is 22.3 Å². The fourth-order valence-electron chi connectivity index (χ4n) is 7.57. The summed E-state index contributed by atoms with van der Waals surface area (Å²) in [6.45, 7) is 13.4. The molecule has 0 radical (unpaired) electrons.